The minimum Gasteiger partial charge on any atom is -0.372 e. The fourth-order valence-corrected chi connectivity index (χ4v) is 2.82. The van der Waals surface area contributed by atoms with Crippen LogP contribution in [0.3, 0.4) is 0 Å². The third-order valence-corrected chi connectivity index (χ3v) is 4.57. The number of rotatable bonds is 7. The maximum atomic E-state index is 13.1. The minimum atomic E-state index is -0.294. The molecule has 0 aliphatic carbocycles. The van der Waals surface area contributed by atoms with Gasteiger partial charge in [-0.05, 0) is 55.8 Å². The van der Waals surface area contributed by atoms with Crippen LogP contribution in [0.4, 0.5) is 20.6 Å². The van der Waals surface area contributed by atoms with Gasteiger partial charge >= 0.3 is 6.03 Å². The van der Waals surface area contributed by atoms with Crippen molar-refractivity contribution in [2.24, 2.45) is 0 Å². The molecule has 0 saturated heterocycles. The second-order valence-electron chi connectivity index (χ2n) is 6.92. The SMILES string of the molecule is CCN(CC)c1ccc(NC(=O)NCC(C)(C)c2ccc(F)cc2)cc1. The molecule has 0 radical (unpaired) electrons. The van der Waals surface area contributed by atoms with Crippen LogP contribution in [0.15, 0.2) is 48.5 Å². The Balaban J connectivity index is 1.91. The fourth-order valence-electron chi connectivity index (χ4n) is 2.82. The lowest BCUT2D eigenvalue weighted by atomic mass is 9.84. The zero-order valence-corrected chi connectivity index (χ0v) is 16.0. The summed E-state index contributed by atoms with van der Waals surface area (Å²) >= 11 is 0. The monoisotopic (exact) mass is 357 g/mol. The van der Waals surface area contributed by atoms with E-state index in [0.29, 0.717) is 6.54 Å². The first-order chi connectivity index (χ1) is 12.4. The molecule has 0 spiro atoms. The molecule has 2 amide bonds. The molecule has 0 aliphatic heterocycles. The van der Waals surface area contributed by atoms with Gasteiger partial charge in [0.15, 0.2) is 0 Å². The van der Waals surface area contributed by atoms with Gasteiger partial charge in [0.05, 0.1) is 0 Å². The molecule has 0 atom stereocenters. The maximum absolute atomic E-state index is 13.1. The Labute approximate surface area is 155 Å². The van der Waals surface area contributed by atoms with E-state index in [4.69, 9.17) is 0 Å². The van der Waals surface area contributed by atoms with E-state index in [-0.39, 0.29) is 17.3 Å². The first-order valence-electron chi connectivity index (χ1n) is 9.01. The molecular weight excluding hydrogens is 329 g/mol. The van der Waals surface area contributed by atoms with Gasteiger partial charge in [0.25, 0.3) is 0 Å². The van der Waals surface area contributed by atoms with Gasteiger partial charge in [-0.1, -0.05) is 26.0 Å². The summed E-state index contributed by atoms with van der Waals surface area (Å²) in [5, 5.41) is 5.74. The van der Waals surface area contributed by atoms with E-state index in [2.05, 4.69) is 29.4 Å². The van der Waals surface area contributed by atoms with Crippen LogP contribution in [0.2, 0.25) is 0 Å². The molecule has 2 N–H and O–H groups in total. The predicted molar refractivity (Wildman–Crippen MR) is 106 cm³/mol. The molecule has 0 aromatic heterocycles. The van der Waals surface area contributed by atoms with Crippen molar-refractivity contribution in [2.75, 3.05) is 29.9 Å². The van der Waals surface area contributed by atoms with Crippen LogP contribution in [-0.2, 0) is 5.41 Å². The molecule has 0 fully saturated rings. The second kappa shape index (κ2) is 8.70. The van der Waals surface area contributed by atoms with Gasteiger partial charge in [0.1, 0.15) is 5.82 Å². The quantitative estimate of drug-likeness (QED) is 0.749. The van der Waals surface area contributed by atoms with Gasteiger partial charge in [-0.15, -0.1) is 0 Å². The van der Waals surface area contributed by atoms with Gasteiger partial charge in [-0.3, -0.25) is 0 Å². The van der Waals surface area contributed by atoms with Crippen molar-refractivity contribution < 1.29 is 9.18 Å². The molecule has 0 unspecified atom stereocenters. The molecule has 2 aromatic carbocycles. The van der Waals surface area contributed by atoms with Crippen LogP contribution in [-0.4, -0.2) is 25.7 Å². The fraction of sp³-hybridized carbons (Fsp3) is 0.381. The molecule has 5 heteroatoms. The summed E-state index contributed by atoms with van der Waals surface area (Å²) in [6.45, 7) is 10.6. The van der Waals surface area contributed by atoms with Crippen LogP contribution in [0.1, 0.15) is 33.3 Å². The molecular formula is C21H28FN3O. The lowest BCUT2D eigenvalue weighted by molar-refractivity contribution is 0.249. The van der Waals surface area contributed by atoms with Crippen molar-refractivity contribution in [3.63, 3.8) is 0 Å². The molecule has 2 rings (SSSR count). The molecule has 0 bridgehead atoms. The van der Waals surface area contributed by atoms with Crippen LogP contribution < -0.4 is 15.5 Å². The van der Waals surface area contributed by atoms with Crippen LogP contribution in [0, 0.1) is 5.82 Å². The number of urea groups is 1. The number of amides is 2. The summed E-state index contributed by atoms with van der Waals surface area (Å²) in [5.41, 5.74) is 2.57. The first-order valence-corrected chi connectivity index (χ1v) is 9.01. The lowest BCUT2D eigenvalue weighted by Gasteiger charge is -2.26. The zero-order valence-electron chi connectivity index (χ0n) is 16.0. The van der Waals surface area contributed by atoms with Crippen molar-refractivity contribution in [2.45, 2.75) is 33.1 Å². The molecule has 0 saturated carbocycles. The predicted octanol–water partition coefficient (Wildman–Crippen LogP) is 4.77. The Bertz CT molecular complexity index is 707. The standard InChI is InChI=1S/C21H28FN3O/c1-5-25(6-2)19-13-11-18(12-14-19)24-20(26)23-15-21(3,4)16-7-9-17(22)10-8-16/h7-14H,5-6,15H2,1-4H3,(H2,23,24,26). The number of hydrogen-bond acceptors (Lipinski definition) is 2. The minimum absolute atomic E-state index is 0.254. The Morgan fingerprint density at radius 1 is 1.00 bits per heavy atom. The summed E-state index contributed by atoms with van der Waals surface area (Å²) in [4.78, 5) is 14.4. The van der Waals surface area contributed by atoms with E-state index in [1.807, 2.05) is 38.1 Å². The number of carbonyl (C=O) groups is 1. The molecule has 26 heavy (non-hydrogen) atoms. The largest absolute Gasteiger partial charge is 0.372 e. The molecule has 0 aliphatic rings. The summed E-state index contributed by atoms with van der Waals surface area (Å²) in [6.07, 6.45) is 0. The van der Waals surface area contributed by atoms with Crippen molar-refractivity contribution in [3.8, 4) is 0 Å². The highest BCUT2D eigenvalue weighted by Gasteiger charge is 2.21. The summed E-state index contributed by atoms with van der Waals surface area (Å²) in [7, 11) is 0. The van der Waals surface area contributed by atoms with Gasteiger partial charge in [0, 0.05) is 36.4 Å². The Kier molecular flexibility index (Phi) is 6.61. The Morgan fingerprint density at radius 2 is 1.58 bits per heavy atom. The third-order valence-electron chi connectivity index (χ3n) is 4.57. The van der Waals surface area contributed by atoms with Crippen molar-refractivity contribution in [1.29, 1.82) is 0 Å². The maximum Gasteiger partial charge on any atom is 0.319 e. The van der Waals surface area contributed by atoms with Crippen molar-refractivity contribution in [1.82, 2.24) is 5.32 Å². The van der Waals surface area contributed by atoms with Gasteiger partial charge in [-0.25, -0.2) is 9.18 Å². The number of carbonyl (C=O) groups excluding carboxylic acids is 1. The van der Waals surface area contributed by atoms with E-state index in [0.717, 1.165) is 30.0 Å². The summed E-state index contributed by atoms with van der Waals surface area (Å²) in [5.74, 6) is -0.261. The number of nitrogens with zero attached hydrogens (tertiary/aromatic N) is 1. The van der Waals surface area contributed by atoms with E-state index in [9.17, 15) is 9.18 Å². The first kappa shape index (κ1) is 19.8. The average Bonchev–Trinajstić information content (AvgIpc) is 2.63. The van der Waals surface area contributed by atoms with E-state index in [1.54, 1.807) is 12.1 Å². The highest BCUT2D eigenvalue weighted by Crippen LogP contribution is 2.22. The lowest BCUT2D eigenvalue weighted by Crippen LogP contribution is -2.39. The highest BCUT2D eigenvalue weighted by atomic mass is 19.1. The van der Waals surface area contributed by atoms with Gasteiger partial charge in [-0.2, -0.15) is 0 Å². The van der Waals surface area contributed by atoms with Crippen LogP contribution in [0.5, 0.6) is 0 Å². The van der Waals surface area contributed by atoms with Crippen LogP contribution >= 0.6 is 0 Å². The zero-order chi connectivity index (χ0) is 19.2. The molecule has 140 valence electrons. The molecule has 2 aromatic rings. The third kappa shape index (κ3) is 5.22. The van der Waals surface area contributed by atoms with Crippen LogP contribution in [0.25, 0.3) is 0 Å². The Morgan fingerprint density at radius 3 is 2.12 bits per heavy atom. The average molecular weight is 357 g/mol. The smallest absolute Gasteiger partial charge is 0.319 e. The number of hydrogen-bond donors (Lipinski definition) is 2. The van der Waals surface area contributed by atoms with E-state index < -0.39 is 0 Å². The van der Waals surface area contributed by atoms with E-state index >= 15 is 0 Å². The molecule has 4 nitrogen and oxygen atoms in total. The topological polar surface area (TPSA) is 44.4 Å². The Hall–Kier alpha value is -2.56. The normalized spacial score (nSPS) is 11.1. The second-order valence-corrected chi connectivity index (χ2v) is 6.92. The van der Waals surface area contributed by atoms with E-state index in [1.165, 1.54) is 12.1 Å². The number of benzene rings is 2. The van der Waals surface area contributed by atoms with Crippen molar-refractivity contribution in [3.05, 3.63) is 59.9 Å². The number of halogens is 1. The highest BCUT2D eigenvalue weighted by molar-refractivity contribution is 5.89. The molecule has 0 heterocycles. The summed E-state index contributed by atoms with van der Waals surface area (Å²) < 4.78 is 13.1. The van der Waals surface area contributed by atoms with Gasteiger partial charge in [0.2, 0.25) is 0 Å². The van der Waals surface area contributed by atoms with Crippen molar-refractivity contribution >= 4 is 17.4 Å². The van der Waals surface area contributed by atoms with Gasteiger partial charge < -0.3 is 15.5 Å². The number of nitrogens with one attached hydrogen (secondary N) is 2. The summed E-state index contributed by atoms with van der Waals surface area (Å²) in [6, 6.07) is 13.9. The number of anilines is 2.